The molecule has 1 heterocycles. The first kappa shape index (κ1) is 18.5. The van der Waals surface area contributed by atoms with Gasteiger partial charge in [0, 0.05) is 12.7 Å². The monoisotopic (exact) mass is 362 g/mol. The molecule has 0 spiro atoms. The minimum Gasteiger partial charge on any atom is -0.496 e. The number of hydrogen-bond donors (Lipinski definition) is 1. The lowest BCUT2D eigenvalue weighted by molar-refractivity contribution is 0.0947. The van der Waals surface area contributed by atoms with Crippen molar-refractivity contribution in [2.75, 3.05) is 7.11 Å². The fourth-order valence-corrected chi connectivity index (χ4v) is 2.66. The van der Waals surface area contributed by atoms with E-state index in [-0.39, 0.29) is 5.91 Å². The van der Waals surface area contributed by atoms with Crippen LogP contribution in [0.5, 0.6) is 11.5 Å². The van der Waals surface area contributed by atoms with Crippen LogP contribution in [-0.4, -0.2) is 18.0 Å². The highest BCUT2D eigenvalue weighted by Crippen LogP contribution is 2.20. The second-order valence-corrected chi connectivity index (χ2v) is 6.14. The molecule has 3 rings (SSSR count). The summed E-state index contributed by atoms with van der Waals surface area (Å²) in [6.07, 6.45) is 1.74. The van der Waals surface area contributed by atoms with E-state index in [1.165, 1.54) is 0 Å². The van der Waals surface area contributed by atoms with Crippen LogP contribution >= 0.6 is 0 Å². The summed E-state index contributed by atoms with van der Waals surface area (Å²) in [5.74, 6) is 1.13. The molecule has 0 radical (unpaired) electrons. The number of aryl methyl sites for hydroxylation is 1. The molecule has 0 aliphatic rings. The van der Waals surface area contributed by atoms with E-state index < -0.39 is 0 Å². The molecule has 0 saturated carbocycles. The molecule has 3 aromatic rings. The number of methoxy groups -OCH3 is 1. The van der Waals surface area contributed by atoms with Gasteiger partial charge in [0.1, 0.15) is 18.1 Å². The molecule has 1 amide bonds. The van der Waals surface area contributed by atoms with Crippen LogP contribution in [0.15, 0.2) is 66.9 Å². The van der Waals surface area contributed by atoms with Crippen LogP contribution in [0, 0.1) is 6.92 Å². The summed E-state index contributed by atoms with van der Waals surface area (Å²) in [6.45, 7) is 2.74. The Hall–Kier alpha value is -3.34. The SMILES string of the molecule is COc1ccc(C)cc1C(=O)NCc1cccc(OCc2ccccn2)c1. The number of carbonyl (C=O) groups is 1. The largest absolute Gasteiger partial charge is 0.496 e. The lowest BCUT2D eigenvalue weighted by atomic mass is 10.1. The summed E-state index contributed by atoms with van der Waals surface area (Å²) >= 11 is 0. The van der Waals surface area contributed by atoms with Crippen LogP contribution in [0.2, 0.25) is 0 Å². The molecule has 0 saturated heterocycles. The molecular formula is C22H22N2O3. The van der Waals surface area contributed by atoms with E-state index in [1.54, 1.807) is 19.4 Å². The number of carbonyl (C=O) groups excluding carboxylic acids is 1. The Morgan fingerprint density at radius 3 is 2.74 bits per heavy atom. The van der Waals surface area contributed by atoms with Crippen LogP contribution in [0.25, 0.3) is 0 Å². The summed E-state index contributed by atoms with van der Waals surface area (Å²) in [7, 11) is 1.56. The number of aromatic nitrogens is 1. The molecule has 1 aromatic heterocycles. The number of nitrogens with zero attached hydrogens (tertiary/aromatic N) is 1. The van der Waals surface area contributed by atoms with Crippen molar-refractivity contribution in [2.45, 2.75) is 20.1 Å². The fraction of sp³-hybridized carbons (Fsp3) is 0.182. The van der Waals surface area contributed by atoms with Crippen LogP contribution in [0.4, 0.5) is 0 Å². The molecular weight excluding hydrogens is 340 g/mol. The maximum Gasteiger partial charge on any atom is 0.255 e. The van der Waals surface area contributed by atoms with Crippen molar-refractivity contribution < 1.29 is 14.3 Å². The lowest BCUT2D eigenvalue weighted by Crippen LogP contribution is -2.23. The van der Waals surface area contributed by atoms with Gasteiger partial charge in [-0.2, -0.15) is 0 Å². The summed E-state index contributed by atoms with van der Waals surface area (Å²) in [5.41, 5.74) is 3.35. The Morgan fingerprint density at radius 2 is 1.96 bits per heavy atom. The molecule has 5 heteroatoms. The zero-order valence-corrected chi connectivity index (χ0v) is 15.4. The molecule has 1 N–H and O–H groups in total. The Labute approximate surface area is 159 Å². The topological polar surface area (TPSA) is 60.5 Å². The van der Waals surface area contributed by atoms with Crippen molar-refractivity contribution >= 4 is 5.91 Å². The van der Waals surface area contributed by atoms with E-state index in [0.29, 0.717) is 24.5 Å². The molecule has 0 aliphatic heterocycles. The standard InChI is InChI=1S/C22H22N2O3/c1-16-9-10-21(26-2)20(12-16)22(25)24-14-17-6-5-8-19(13-17)27-15-18-7-3-4-11-23-18/h3-13H,14-15H2,1-2H3,(H,24,25). The van der Waals surface area contributed by atoms with Gasteiger partial charge in [-0.3, -0.25) is 9.78 Å². The Morgan fingerprint density at radius 1 is 1.07 bits per heavy atom. The first-order valence-corrected chi connectivity index (χ1v) is 8.70. The maximum atomic E-state index is 12.5. The zero-order chi connectivity index (χ0) is 19.1. The minimum absolute atomic E-state index is 0.171. The first-order valence-electron chi connectivity index (χ1n) is 8.70. The van der Waals surface area contributed by atoms with Gasteiger partial charge >= 0.3 is 0 Å². The number of amides is 1. The van der Waals surface area contributed by atoms with Crippen molar-refractivity contribution in [1.29, 1.82) is 0 Å². The predicted octanol–water partition coefficient (Wildman–Crippen LogP) is 3.91. The smallest absolute Gasteiger partial charge is 0.255 e. The van der Waals surface area contributed by atoms with Gasteiger partial charge in [-0.1, -0.05) is 29.8 Å². The normalized spacial score (nSPS) is 10.3. The molecule has 0 aliphatic carbocycles. The highest BCUT2D eigenvalue weighted by Gasteiger charge is 2.12. The second-order valence-electron chi connectivity index (χ2n) is 6.14. The highest BCUT2D eigenvalue weighted by atomic mass is 16.5. The maximum absolute atomic E-state index is 12.5. The predicted molar refractivity (Wildman–Crippen MR) is 104 cm³/mol. The zero-order valence-electron chi connectivity index (χ0n) is 15.4. The van der Waals surface area contributed by atoms with Gasteiger partial charge in [0.25, 0.3) is 5.91 Å². The van der Waals surface area contributed by atoms with E-state index in [9.17, 15) is 4.79 Å². The molecule has 2 aromatic carbocycles. The first-order chi connectivity index (χ1) is 13.2. The minimum atomic E-state index is -0.171. The third-order valence-electron chi connectivity index (χ3n) is 4.06. The summed E-state index contributed by atoms with van der Waals surface area (Å²) < 4.78 is 11.1. The Kier molecular flexibility index (Phi) is 6.05. The summed E-state index contributed by atoms with van der Waals surface area (Å²) in [6, 6.07) is 18.9. The van der Waals surface area contributed by atoms with Gasteiger partial charge in [-0.25, -0.2) is 0 Å². The van der Waals surface area contributed by atoms with Crippen LogP contribution in [0.1, 0.15) is 27.2 Å². The molecule has 0 atom stereocenters. The van der Waals surface area contributed by atoms with Crippen LogP contribution in [0.3, 0.4) is 0 Å². The number of pyridine rings is 1. The van der Waals surface area contributed by atoms with E-state index in [4.69, 9.17) is 9.47 Å². The van der Waals surface area contributed by atoms with Crippen LogP contribution < -0.4 is 14.8 Å². The third-order valence-corrected chi connectivity index (χ3v) is 4.06. The quantitative estimate of drug-likeness (QED) is 0.692. The van der Waals surface area contributed by atoms with Crippen molar-refractivity contribution in [1.82, 2.24) is 10.3 Å². The Balaban J connectivity index is 1.61. The van der Waals surface area contributed by atoms with Crippen molar-refractivity contribution in [3.05, 3.63) is 89.2 Å². The van der Waals surface area contributed by atoms with E-state index in [0.717, 1.165) is 22.6 Å². The second kappa shape index (κ2) is 8.85. The van der Waals surface area contributed by atoms with Crippen LogP contribution in [-0.2, 0) is 13.2 Å². The van der Waals surface area contributed by atoms with Crippen molar-refractivity contribution in [3.63, 3.8) is 0 Å². The van der Waals surface area contributed by atoms with Gasteiger partial charge in [-0.15, -0.1) is 0 Å². The number of rotatable bonds is 7. The van der Waals surface area contributed by atoms with E-state index in [1.807, 2.05) is 61.5 Å². The number of benzene rings is 2. The average Bonchev–Trinajstić information content (AvgIpc) is 2.71. The number of ether oxygens (including phenoxy) is 2. The van der Waals surface area contributed by atoms with E-state index >= 15 is 0 Å². The summed E-state index contributed by atoms with van der Waals surface area (Å²) in [4.78, 5) is 16.8. The molecule has 0 fully saturated rings. The molecule has 0 unspecified atom stereocenters. The number of hydrogen-bond acceptors (Lipinski definition) is 4. The van der Waals surface area contributed by atoms with Crippen molar-refractivity contribution in [2.24, 2.45) is 0 Å². The molecule has 0 bridgehead atoms. The molecule has 27 heavy (non-hydrogen) atoms. The van der Waals surface area contributed by atoms with Gasteiger partial charge in [0.2, 0.25) is 0 Å². The number of nitrogens with one attached hydrogen (secondary N) is 1. The van der Waals surface area contributed by atoms with Gasteiger partial charge in [-0.05, 0) is 48.9 Å². The van der Waals surface area contributed by atoms with Crippen molar-refractivity contribution in [3.8, 4) is 11.5 Å². The van der Waals surface area contributed by atoms with Gasteiger partial charge in [0.05, 0.1) is 18.4 Å². The van der Waals surface area contributed by atoms with E-state index in [2.05, 4.69) is 10.3 Å². The lowest BCUT2D eigenvalue weighted by Gasteiger charge is -2.11. The third kappa shape index (κ3) is 5.07. The van der Waals surface area contributed by atoms with Gasteiger partial charge in [0.15, 0.2) is 0 Å². The molecule has 138 valence electrons. The average molecular weight is 362 g/mol. The highest BCUT2D eigenvalue weighted by molar-refractivity contribution is 5.97. The Bertz CT molecular complexity index is 910. The fourth-order valence-electron chi connectivity index (χ4n) is 2.66. The van der Waals surface area contributed by atoms with Gasteiger partial charge < -0.3 is 14.8 Å². The summed E-state index contributed by atoms with van der Waals surface area (Å²) in [5, 5.41) is 2.93. The molecule has 5 nitrogen and oxygen atoms in total.